The molecule has 2 amide bonds. The van der Waals surface area contributed by atoms with Crippen molar-refractivity contribution in [3.8, 4) is 0 Å². The van der Waals surface area contributed by atoms with Crippen LogP contribution < -0.4 is 5.32 Å². The summed E-state index contributed by atoms with van der Waals surface area (Å²) >= 11 is 3.40. The molecule has 2 heterocycles. The minimum Gasteiger partial charge on any atom is -0.347 e. The van der Waals surface area contributed by atoms with E-state index in [2.05, 4.69) is 25.8 Å². The first-order valence-corrected chi connectivity index (χ1v) is 8.89. The van der Waals surface area contributed by atoms with E-state index in [9.17, 15) is 9.18 Å². The number of nitrogens with one attached hydrogen (secondary N) is 1. The number of hydrogen-bond acceptors (Lipinski definition) is 1. The maximum atomic E-state index is 13.7. The summed E-state index contributed by atoms with van der Waals surface area (Å²) in [6.07, 6.45) is 0.758. The minimum atomic E-state index is -0.253. The number of rotatable bonds is 1. The molecule has 1 aliphatic rings. The van der Waals surface area contributed by atoms with Gasteiger partial charge in [0.05, 0.1) is 0 Å². The molecular formula is C19H17BrFN3O. The molecule has 0 aliphatic carbocycles. The molecule has 6 heteroatoms. The van der Waals surface area contributed by atoms with Gasteiger partial charge in [-0.15, -0.1) is 0 Å². The van der Waals surface area contributed by atoms with Crippen LogP contribution in [-0.4, -0.2) is 22.0 Å². The summed E-state index contributed by atoms with van der Waals surface area (Å²) in [5, 5.41) is 3.81. The number of fused-ring (bicyclic) bond motifs is 3. The van der Waals surface area contributed by atoms with Gasteiger partial charge in [0, 0.05) is 58.9 Å². The predicted octanol–water partition coefficient (Wildman–Crippen LogP) is 4.67. The van der Waals surface area contributed by atoms with Crippen LogP contribution in [0.1, 0.15) is 11.3 Å². The molecule has 0 spiro atoms. The number of nitrogens with zero attached hydrogens (tertiary/aromatic N) is 2. The van der Waals surface area contributed by atoms with E-state index in [1.165, 1.54) is 11.8 Å². The topological polar surface area (TPSA) is 37.3 Å². The third-order valence-corrected chi connectivity index (χ3v) is 5.22. The van der Waals surface area contributed by atoms with E-state index in [-0.39, 0.29) is 11.8 Å². The third-order valence-electron chi connectivity index (χ3n) is 4.73. The maximum absolute atomic E-state index is 13.7. The molecule has 128 valence electrons. The normalized spacial score (nSPS) is 13.8. The first-order valence-electron chi connectivity index (χ1n) is 8.10. The van der Waals surface area contributed by atoms with Crippen molar-refractivity contribution < 1.29 is 9.18 Å². The van der Waals surface area contributed by atoms with Crippen molar-refractivity contribution in [2.24, 2.45) is 7.05 Å². The van der Waals surface area contributed by atoms with Crippen LogP contribution in [-0.2, 0) is 20.0 Å². The highest BCUT2D eigenvalue weighted by Crippen LogP contribution is 2.31. The molecule has 3 aromatic rings. The highest BCUT2D eigenvalue weighted by Gasteiger charge is 2.26. The largest absolute Gasteiger partial charge is 0.347 e. The number of aromatic nitrogens is 1. The van der Waals surface area contributed by atoms with Crippen LogP contribution in [0.3, 0.4) is 0 Å². The summed E-state index contributed by atoms with van der Waals surface area (Å²) in [5.41, 5.74) is 3.95. The fourth-order valence-electron chi connectivity index (χ4n) is 3.49. The van der Waals surface area contributed by atoms with Crippen molar-refractivity contribution in [2.45, 2.75) is 13.0 Å². The average molecular weight is 402 g/mol. The van der Waals surface area contributed by atoms with Gasteiger partial charge in [-0.3, -0.25) is 0 Å². The smallest absolute Gasteiger partial charge is 0.322 e. The number of hydrogen-bond donors (Lipinski definition) is 1. The first kappa shape index (κ1) is 16.1. The number of aryl methyl sites for hydroxylation is 1. The second kappa shape index (κ2) is 6.19. The Labute approximate surface area is 153 Å². The summed E-state index contributed by atoms with van der Waals surface area (Å²) < 4.78 is 16.7. The number of benzene rings is 2. The van der Waals surface area contributed by atoms with Gasteiger partial charge in [-0.05, 0) is 36.4 Å². The molecule has 0 radical (unpaired) electrons. The molecule has 0 saturated carbocycles. The lowest BCUT2D eigenvalue weighted by Gasteiger charge is -2.28. The third kappa shape index (κ3) is 2.91. The molecule has 0 atom stereocenters. The fraction of sp³-hybridized carbons (Fsp3) is 0.211. The summed E-state index contributed by atoms with van der Waals surface area (Å²) in [4.78, 5) is 14.4. The zero-order valence-corrected chi connectivity index (χ0v) is 15.3. The molecule has 4 nitrogen and oxygen atoms in total. The molecule has 25 heavy (non-hydrogen) atoms. The van der Waals surface area contributed by atoms with Gasteiger partial charge >= 0.3 is 6.03 Å². The van der Waals surface area contributed by atoms with E-state index in [1.807, 2.05) is 31.3 Å². The Hall–Kier alpha value is -2.34. The van der Waals surface area contributed by atoms with Crippen molar-refractivity contribution in [1.29, 1.82) is 0 Å². The van der Waals surface area contributed by atoms with E-state index in [0.29, 0.717) is 13.1 Å². The molecule has 0 fully saturated rings. The lowest BCUT2D eigenvalue weighted by atomic mass is 10.0. The Kier molecular flexibility index (Phi) is 4.00. The van der Waals surface area contributed by atoms with E-state index in [1.54, 1.807) is 17.0 Å². The van der Waals surface area contributed by atoms with Gasteiger partial charge in [0.1, 0.15) is 5.82 Å². The van der Waals surface area contributed by atoms with Crippen LogP contribution in [0.15, 0.2) is 46.9 Å². The summed E-state index contributed by atoms with van der Waals surface area (Å²) in [7, 11) is 2.00. The number of carbonyl (C=O) groups excluding carboxylic acids is 1. The Morgan fingerprint density at radius 1 is 1.24 bits per heavy atom. The van der Waals surface area contributed by atoms with Crippen LogP contribution in [0.2, 0.25) is 0 Å². The van der Waals surface area contributed by atoms with Crippen LogP contribution >= 0.6 is 15.9 Å². The molecule has 1 aromatic heterocycles. The molecule has 0 unspecified atom stereocenters. The number of amides is 2. The van der Waals surface area contributed by atoms with Gasteiger partial charge in [-0.25, -0.2) is 9.18 Å². The van der Waals surface area contributed by atoms with Gasteiger partial charge in [-0.2, -0.15) is 0 Å². The standard InChI is InChI=1S/C19H17BrFN3O/c1-23-17-6-5-13(21)10-15(17)16-11-24(8-7-18(16)23)19(25)22-14-4-2-3-12(20)9-14/h2-6,9-10H,7-8,11H2,1H3,(H,22,25). The van der Waals surface area contributed by atoms with Gasteiger partial charge in [0.15, 0.2) is 0 Å². The summed E-state index contributed by atoms with van der Waals surface area (Å²) in [6, 6.07) is 12.2. The van der Waals surface area contributed by atoms with Crippen LogP contribution in [0.4, 0.5) is 14.9 Å². The van der Waals surface area contributed by atoms with Crippen LogP contribution in [0, 0.1) is 5.82 Å². The number of urea groups is 1. The van der Waals surface area contributed by atoms with Gasteiger partial charge in [0.2, 0.25) is 0 Å². The van der Waals surface area contributed by atoms with Crippen molar-refractivity contribution >= 4 is 38.6 Å². The van der Waals surface area contributed by atoms with Crippen LogP contribution in [0.25, 0.3) is 10.9 Å². The number of carbonyl (C=O) groups is 1. The Bertz CT molecular complexity index is 982. The molecule has 4 rings (SSSR count). The van der Waals surface area contributed by atoms with Crippen molar-refractivity contribution in [2.75, 3.05) is 11.9 Å². The monoisotopic (exact) mass is 401 g/mol. The van der Waals surface area contributed by atoms with Gasteiger partial charge in [0.25, 0.3) is 0 Å². The SMILES string of the molecule is Cn1c2c(c3cc(F)ccc31)CN(C(=O)Nc1cccc(Br)c1)CC2. The quantitative estimate of drug-likeness (QED) is 0.631. The Morgan fingerprint density at radius 3 is 2.88 bits per heavy atom. The minimum absolute atomic E-state index is 0.142. The Morgan fingerprint density at radius 2 is 2.08 bits per heavy atom. The maximum Gasteiger partial charge on any atom is 0.322 e. The van der Waals surface area contributed by atoms with Gasteiger partial charge in [-0.1, -0.05) is 22.0 Å². The Balaban J connectivity index is 1.62. The highest BCUT2D eigenvalue weighted by atomic mass is 79.9. The zero-order valence-electron chi connectivity index (χ0n) is 13.7. The average Bonchev–Trinajstić information content (AvgIpc) is 2.86. The molecular weight excluding hydrogens is 385 g/mol. The molecule has 0 saturated heterocycles. The van der Waals surface area contributed by atoms with E-state index in [4.69, 9.17) is 0 Å². The molecule has 1 aliphatic heterocycles. The second-order valence-corrected chi connectivity index (χ2v) is 7.17. The van der Waals surface area contributed by atoms with Crippen molar-refractivity contribution in [1.82, 2.24) is 9.47 Å². The first-order chi connectivity index (χ1) is 12.0. The van der Waals surface area contributed by atoms with Gasteiger partial charge < -0.3 is 14.8 Å². The van der Waals surface area contributed by atoms with E-state index in [0.717, 1.165) is 33.0 Å². The molecule has 0 bridgehead atoms. The zero-order chi connectivity index (χ0) is 17.6. The lowest BCUT2D eigenvalue weighted by molar-refractivity contribution is 0.206. The van der Waals surface area contributed by atoms with Crippen LogP contribution in [0.5, 0.6) is 0 Å². The molecule has 2 aromatic carbocycles. The summed E-state index contributed by atoms with van der Waals surface area (Å²) in [5.74, 6) is -0.253. The number of halogens is 2. The number of anilines is 1. The predicted molar refractivity (Wildman–Crippen MR) is 100 cm³/mol. The van der Waals surface area contributed by atoms with Crippen molar-refractivity contribution in [3.05, 3.63) is 64.0 Å². The lowest BCUT2D eigenvalue weighted by Crippen LogP contribution is -2.39. The fourth-order valence-corrected chi connectivity index (χ4v) is 3.89. The van der Waals surface area contributed by atoms with Crippen molar-refractivity contribution in [3.63, 3.8) is 0 Å². The highest BCUT2D eigenvalue weighted by molar-refractivity contribution is 9.10. The second-order valence-electron chi connectivity index (χ2n) is 6.26. The summed E-state index contributed by atoms with van der Waals surface area (Å²) in [6.45, 7) is 1.12. The molecule has 1 N–H and O–H groups in total. The van der Waals surface area contributed by atoms with E-state index < -0.39 is 0 Å². The van der Waals surface area contributed by atoms with E-state index >= 15 is 0 Å².